The molecule has 0 aliphatic heterocycles. The Morgan fingerprint density at radius 1 is 1.11 bits per heavy atom. The number of carbonyl (C=O) groups is 3. The molecule has 0 fully saturated rings. The first-order valence-corrected chi connectivity index (χ1v) is 4.98. The first kappa shape index (κ1) is 13.5. The highest BCUT2D eigenvalue weighted by Gasteiger charge is 2.13. The molecule has 0 bridgehead atoms. The topological polar surface area (TPSA) is 124 Å². The zero-order valence-electron chi connectivity index (χ0n) is 9.21. The van der Waals surface area contributed by atoms with Gasteiger partial charge in [0, 0.05) is 12.5 Å². The van der Waals surface area contributed by atoms with Crippen LogP contribution in [0.2, 0.25) is 0 Å². The van der Waals surface area contributed by atoms with Crippen LogP contribution in [-0.2, 0) is 9.59 Å². The Labute approximate surface area is 102 Å². The van der Waals surface area contributed by atoms with Crippen molar-refractivity contribution in [3.8, 4) is 5.75 Å². The lowest BCUT2D eigenvalue weighted by Gasteiger charge is -2.08. The summed E-state index contributed by atoms with van der Waals surface area (Å²) < 4.78 is 0. The third-order valence-electron chi connectivity index (χ3n) is 2.07. The molecule has 4 N–H and O–H groups in total. The van der Waals surface area contributed by atoms with Gasteiger partial charge in [-0.2, -0.15) is 0 Å². The number of carboxylic acid groups (broad SMARTS) is 2. The SMILES string of the molecule is O=C(O)CCC(=O)Nc1cc(O)ccc1C(=O)O. The van der Waals surface area contributed by atoms with Gasteiger partial charge in [-0.05, 0) is 12.1 Å². The molecule has 0 saturated heterocycles. The van der Waals surface area contributed by atoms with Crippen molar-refractivity contribution in [1.82, 2.24) is 0 Å². The standard InChI is InChI=1S/C11H11NO6/c13-6-1-2-7(11(17)18)8(5-6)12-9(14)3-4-10(15)16/h1-2,5,13H,3-4H2,(H,12,14)(H,15,16)(H,17,18). The Bertz CT molecular complexity index is 496. The molecule has 0 unspecified atom stereocenters. The van der Waals surface area contributed by atoms with Crippen LogP contribution in [-0.4, -0.2) is 33.2 Å². The molecule has 7 heteroatoms. The van der Waals surface area contributed by atoms with Crippen LogP contribution in [0.25, 0.3) is 0 Å². The molecule has 0 atom stereocenters. The molecular formula is C11H11NO6. The minimum atomic E-state index is -1.26. The quantitative estimate of drug-likeness (QED) is 0.617. The van der Waals surface area contributed by atoms with Gasteiger partial charge in [0.05, 0.1) is 17.7 Å². The second-order valence-corrected chi connectivity index (χ2v) is 3.48. The number of amides is 1. The average Bonchev–Trinajstić information content (AvgIpc) is 2.26. The number of benzene rings is 1. The highest BCUT2D eigenvalue weighted by atomic mass is 16.4. The van der Waals surface area contributed by atoms with Crippen LogP contribution in [0.15, 0.2) is 18.2 Å². The van der Waals surface area contributed by atoms with Crippen molar-refractivity contribution in [3.05, 3.63) is 23.8 Å². The van der Waals surface area contributed by atoms with E-state index < -0.39 is 17.8 Å². The fraction of sp³-hybridized carbons (Fsp3) is 0.182. The number of phenolic OH excluding ortho intramolecular Hbond substituents is 1. The lowest BCUT2D eigenvalue weighted by atomic mass is 10.1. The van der Waals surface area contributed by atoms with Gasteiger partial charge in [0.1, 0.15) is 5.75 Å². The van der Waals surface area contributed by atoms with Gasteiger partial charge in [0.15, 0.2) is 0 Å². The zero-order valence-corrected chi connectivity index (χ0v) is 9.21. The Hall–Kier alpha value is -2.57. The molecule has 1 rings (SSSR count). The van der Waals surface area contributed by atoms with Gasteiger partial charge in [0.2, 0.25) is 5.91 Å². The van der Waals surface area contributed by atoms with E-state index in [0.29, 0.717) is 0 Å². The van der Waals surface area contributed by atoms with Crippen molar-refractivity contribution in [2.45, 2.75) is 12.8 Å². The number of rotatable bonds is 5. The smallest absolute Gasteiger partial charge is 0.337 e. The van der Waals surface area contributed by atoms with E-state index in [1.807, 2.05) is 0 Å². The fourth-order valence-electron chi connectivity index (χ4n) is 1.26. The third kappa shape index (κ3) is 3.78. The minimum absolute atomic E-state index is 0.0714. The molecule has 0 heterocycles. The number of carbonyl (C=O) groups excluding carboxylic acids is 1. The summed E-state index contributed by atoms with van der Waals surface area (Å²) in [7, 11) is 0. The molecule has 18 heavy (non-hydrogen) atoms. The van der Waals surface area contributed by atoms with Gasteiger partial charge in [-0.1, -0.05) is 0 Å². The molecule has 7 nitrogen and oxygen atoms in total. The van der Waals surface area contributed by atoms with Gasteiger partial charge < -0.3 is 20.6 Å². The molecule has 1 amide bonds. The number of anilines is 1. The number of carboxylic acids is 2. The number of aliphatic carboxylic acids is 1. The minimum Gasteiger partial charge on any atom is -0.508 e. The number of phenols is 1. The van der Waals surface area contributed by atoms with E-state index >= 15 is 0 Å². The molecule has 0 aliphatic rings. The van der Waals surface area contributed by atoms with Gasteiger partial charge in [-0.3, -0.25) is 9.59 Å². The lowest BCUT2D eigenvalue weighted by Crippen LogP contribution is -2.15. The van der Waals surface area contributed by atoms with Crippen molar-refractivity contribution < 1.29 is 29.7 Å². The van der Waals surface area contributed by atoms with Gasteiger partial charge in [0.25, 0.3) is 0 Å². The van der Waals surface area contributed by atoms with Crippen LogP contribution < -0.4 is 5.32 Å². The highest BCUT2D eigenvalue weighted by molar-refractivity contribution is 6.01. The Morgan fingerprint density at radius 3 is 2.33 bits per heavy atom. The van der Waals surface area contributed by atoms with Crippen molar-refractivity contribution >= 4 is 23.5 Å². The molecular weight excluding hydrogens is 242 g/mol. The predicted octanol–water partition coefficient (Wildman–Crippen LogP) is 0.894. The molecule has 1 aromatic rings. The van der Waals surface area contributed by atoms with E-state index in [2.05, 4.69) is 5.32 Å². The van der Waals surface area contributed by atoms with E-state index in [1.165, 1.54) is 6.07 Å². The summed E-state index contributed by atoms with van der Waals surface area (Å²) in [5.74, 6) is -3.22. The maximum Gasteiger partial charge on any atom is 0.337 e. The van der Waals surface area contributed by atoms with E-state index in [0.717, 1.165) is 12.1 Å². The van der Waals surface area contributed by atoms with Gasteiger partial charge in [-0.25, -0.2) is 4.79 Å². The van der Waals surface area contributed by atoms with Crippen LogP contribution in [0.1, 0.15) is 23.2 Å². The van der Waals surface area contributed by atoms with Gasteiger partial charge in [-0.15, -0.1) is 0 Å². The van der Waals surface area contributed by atoms with E-state index in [1.54, 1.807) is 0 Å². The highest BCUT2D eigenvalue weighted by Crippen LogP contribution is 2.22. The van der Waals surface area contributed by atoms with E-state index in [-0.39, 0.29) is 29.8 Å². The summed E-state index contributed by atoms with van der Waals surface area (Å²) in [6, 6.07) is 3.41. The molecule has 0 aliphatic carbocycles. The zero-order chi connectivity index (χ0) is 13.7. The predicted molar refractivity (Wildman–Crippen MR) is 60.6 cm³/mol. The average molecular weight is 253 g/mol. The van der Waals surface area contributed by atoms with Crippen LogP contribution in [0.5, 0.6) is 5.75 Å². The Morgan fingerprint density at radius 2 is 1.78 bits per heavy atom. The van der Waals surface area contributed by atoms with Crippen molar-refractivity contribution in [3.63, 3.8) is 0 Å². The van der Waals surface area contributed by atoms with Crippen molar-refractivity contribution in [1.29, 1.82) is 0 Å². The third-order valence-corrected chi connectivity index (χ3v) is 2.07. The van der Waals surface area contributed by atoms with E-state index in [9.17, 15) is 19.5 Å². The molecule has 0 radical (unpaired) electrons. The lowest BCUT2D eigenvalue weighted by molar-refractivity contribution is -0.138. The monoisotopic (exact) mass is 253 g/mol. The molecule has 96 valence electrons. The number of hydrogen-bond acceptors (Lipinski definition) is 4. The number of nitrogens with one attached hydrogen (secondary N) is 1. The maximum atomic E-state index is 11.4. The Kier molecular flexibility index (Phi) is 4.25. The summed E-state index contributed by atoms with van der Waals surface area (Å²) >= 11 is 0. The first-order chi connectivity index (χ1) is 8.40. The summed E-state index contributed by atoms with van der Waals surface area (Å²) in [6.45, 7) is 0. The van der Waals surface area contributed by atoms with Crippen molar-refractivity contribution in [2.75, 3.05) is 5.32 Å². The maximum absolute atomic E-state index is 11.4. The van der Waals surface area contributed by atoms with E-state index in [4.69, 9.17) is 10.2 Å². The molecule has 0 spiro atoms. The largest absolute Gasteiger partial charge is 0.508 e. The first-order valence-electron chi connectivity index (χ1n) is 4.98. The summed E-state index contributed by atoms with van der Waals surface area (Å²) in [5, 5.41) is 28.7. The molecule has 1 aromatic carbocycles. The second kappa shape index (κ2) is 5.67. The van der Waals surface area contributed by atoms with Gasteiger partial charge >= 0.3 is 11.9 Å². The number of hydrogen-bond donors (Lipinski definition) is 4. The second-order valence-electron chi connectivity index (χ2n) is 3.48. The molecule has 0 saturated carbocycles. The van der Waals surface area contributed by atoms with Crippen LogP contribution in [0.4, 0.5) is 5.69 Å². The number of aromatic hydroxyl groups is 1. The van der Waals surface area contributed by atoms with Crippen LogP contribution in [0, 0.1) is 0 Å². The summed E-state index contributed by atoms with van der Waals surface area (Å²) in [6.07, 6.45) is -0.628. The summed E-state index contributed by atoms with van der Waals surface area (Å²) in [4.78, 5) is 32.5. The summed E-state index contributed by atoms with van der Waals surface area (Å²) in [5.41, 5.74) is -0.255. The normalized spacial score (nSPS) is 9.78. The molecule has 0 aromatic heterocycles. The van der Waals surface area contributed by atoms with Crippen LogP contribution in [0.3, 0.4) is 0 Å². The van der Waals surface area contributed by atoms with Crippen molar-refractivity contribution in [2.24, 2.45) is 0 Å². The van der Waals surface area contributed by atoms with Crippen LogP contribution >= 0.6 is 0 Å². The number of aromatic carboxylic acids is 1. The Balaban J connectivity index is 2.82. The fourth-order valence-corrected chi connectivity index (χ4v) is 1.26.